The maximum absolute atomic E-state index is 5.67. The maximum atomic E-state index is 5.67. The molecule has 0 aromatic heterocycles. The van der Waals surface area contributed by atoms with Crippen LogP contribution in [0.1, 0.15) is 0 Å². The third-order valence-electron chi connectivity index (χ3n) is 2.47. The molecule has 0 fully saturated rings. The summed E-state index contributed by atoms with van der Waals surface area (Å²) in [5.41, 5.74) is 7.24. The van der Waals surface area contributed by atoms with Crippen molar-refractivity contribution in [3.8, 4) is 11.5 Å². The lowest BCUT2D eigenvalue weighted by molar-refractivity contribution is 0.345. The predicted octanol–water partition coefficient (Wildman–Crippen LogP) is 2.73. The van der Waals surface area contributed by atoms with Gasteiger partial charge in [0.15, 0.2) is 6.73 Å². The Bertz CT molecular complexity index is 515. The molecule has 0 spiro atoms. The molecule has 0 atom stereocenters. The fourth-order valence-electron chi connectivity index (χ4n) is 1.59. The highest BCUT2D eigenvalue weighted by atomic mass is 16.5. The van der Waals surface area contributed by atoms with E-state index in [1.807, 2.05) is 42.5 Å². The SMILES string of the molecule is COc1ccccc1NCOc1cccc(N)c1. The molecule has 94 valence electrons. The highest BCUT2D eigenvalue weighted by Crippen LogP contribution is 2.23. The van der Waals surface area contributed by atoms with Crippen molar-refractivity contribution in [1.82, 2.24) is 0 Å². The van der Waals surface area contributed by atoms with Crippen LogP contribution in [0.5, 0.6) is 11.5 Å². The smallest absolute Gasteiger partial charge is 0.159 e. The van der Waals surface area contributed by atoms with Crippen molar-refractivity contribution in [2.24, 2.45) is 0 Å². The van der Waals surface area contributed by atoms with Gasteiger partial charge in [-0.1, -0.05) is 18.2 Å². The summed E-state index contributed by atoms with van der Waals surface area (Å²) >= 11 is 0. The van der Waals surface area contributed by atoms with Gasteiger partial charge < -0.3 is 20.5 Å². The first kappa shape index (κ1) is 12.1. The van der Waals surface area contributed by atoms with Gasteiger partial charge in [0.05, 0.1) is 12.8 Å². The van der Waals surface area contributed by atoms with Crippen molar-refractivity contribution in [3.05, 3.63) is 48.5 Å². The second kappa shape index (κ2) is 5.82. The molecule has 0 aliphatic carbocycles. The first-order valence-corrected chi connectivity index (χ1v) is 5.65. The Morgan fingerprint density at radius 1 is 1.11 bits per heavy atom. The Balaban J connectivity index is 1.92. The summed E-state index contributed by atoms with van der Waals surface area (Å²) in [5.74, 6) is 1.52. The zero-order chi connectivity index (χ0) is 12.8. The molecule has 0 radical (unpaired) electrons. The molecular formula is C14H16N2O2. The first-order chi connectivity index (χ1) is 8.79. The van der Waals surface area contributed by atoms with Crippen LogP contribution >= 0.6 is 0 Å². The monoisotopic (exact) mass is 244 g/mol. The van der Waals surface area contributed by atoms with Gasteiger partial charge in [0, 0.05) is 11.8 Å². The van der Waals surface area contributed by atoms with Gasteiger partial charge in [-0.2, -0.15) is 0 Å². The molecule has 0 saturated carbocycles. The first-order valence-electron chi connectivity index (χ1n) is 5.65. The van der Waals surface area contributed by atoms with Crippen molar-refractivity contribution in [2.75, 3.05) is 24.9 Å². The molecule has 0 heterocycles. The second-order valence-electron chi connectivity index (χ2n) is 3.74. The van der Waals surface area contributed by atoms with Crippen LogP contribution in [0, 0.1) is 0 Å². The molecule has 2 aromatic carbocycles. The molecule has 0 saturated heterocycles. The summed E-state index contributed by atoms with van der Waals surface area (Å²) in [6.45, 7) is 0.351. The number of benzene rings is 2. The summed E-state index contributed by atoms with van der Waals surface area (Å²) in [5, 5.41) is 3.14. The molecule has 4 nitrogen and oxygen atoms in total. The van der Waals surface area contributed by atoms with Gasteiger partial charge in [-0.3, -0.25) is 0 Å². The standard InChI is InChI=1S/C14H16N2O2/c1-17-14-8-3-2-7-13(14)16-10-18-12-6-4-5-11(15)9-12/h2-9,16H,10,15H2,1H3. The minimum absolute atomic E-state index is 0.351. The Hall–Kier alpha value is -2.36. The Morgan fingerprint density at radius 3 is 2.72 bits per heavy atom. The largest absolute Gasteiger partial charge is 0.495 e. The number of anilines is 2. The minimum Gasteiger partial charge on any atom is -0.495 e. The van der Waals surface area contributed by atoms with Crippen LogP contribution in [0.15, 0.2) is 48.5 Å². The van der Waals surface area contributed by atoms with Gasteiger partial charge in [-0.25, -0.2) is 0 Å². The van der Waals surface area contributed by atoms with E-state index < -0.39 is 0 Å². The molecule has 0 bridgehead atoms. The molecule has 4 heteroatoms. The zero-order valence-corrected chi connectivity index (χ0v) is 10.2. The molecule has 0 aliphatic rings. The van der Waals surface area contributed by atoms with E-state index >= 15 is 0 Å². The third-order valence-corrected chi connectivity index (χ3v) is 2.47. The number of nitrogens with two attached hydrogens (primary N) is 1. The van der Waals surface area contributed by atoms with Crippen LogP contribution < -0.4 is 20.5 Å². The number of para-hydroxylation sites is 2. The number of rotatable bonds is 5. The van der Waals surface area contributed by atoms with E-state index in [9.17, 15) is 0 Å². The third kappa shape index (κ3) is 3.07. The number of methoxy groups -OCH3 is 1. The topological polar surface area (TPSA) is 56.5 Å². The van der Waals surface area contributed by atoms with Crippen LogP contribution in [-0.4, -0.2) is 13.8 Å². The van der Waals surface area contributed by atoms with E-state index in [1.54, 1.807) is 13.2 Å². The fraction of sp³-hybridized carbons (Fsp3) is 0.143. The summed E-state index contributed by atoms with van der Waals surface area (Å²) < 4.78 is 10.8. The van der Waals surface area contributed by atoms with Gasteiger partial charge in [0.2, 0.25) is 0 Å². The van der Waals surface area contributed by atoms with Gasteiger partial charge >= 0.3 is 0 Å². The Kier molecular flexibility index (Phi) is 3.91. The zero-order valence-electron chi connectivity index (χ0n) is 10.2. The van der Waals surface area contributed by atoms with Crippen LogP contribution in [0.4, 0.5) is 11.4 Å². The highest BCUT2D eigenvalue weighted by molar-refractivity contribution is 5.56. The van der Waals surface area contributed by atoms with Crippen molar-refractivity contribution in [3.63, 3.8) is 0 Å². The molecule has 0 amide bonds. The number of ether oxygens (including phenoxy) is 2. The molecule has 0 aliphatic heterocycles. The number of nitrogens with one attached hydrogen (secondary N) is 1. The minimum atomic E-state index is 0.351. The normalized spacial score (nSPS) is 9.83. The Morgan fingerprint density at radius 2 is 1.94 bits per heavy atom. The second-order valence-corrected chi connectivity index (χ2v) is 3.74. The predicted molar refractivity (Wildman–Crippen MR) is 73.0 cm³/mol. The van der Waals surface area contributed by atoms with Gasteiger partial charge in [-0.15, -0.1) is 0 Å². The van der Waals surface area contributed by atoms with E-state index in [1.165, 1.54) is 0 Å². The molecule has 2 rings (SSSR count). The van der Waals surface area contributed by atoms with Gasteiger partial charge in [0.25, 0.3) is 0 Å². The van der Waals surface area contributed by atoms with E-state index in [0.717, 1.165) is 17.2 Å². The highest BCUT2D eigenvalue weighted by Gasteiger charge is 2.00. The van der Waals surface area contributed by atoms with Crippen LogP contribution in [0.25, 0.3) is 0 Å². The number of hydrogen-bond acceptors (Lipinski definition) is 4. The number of nitrogen functional groups attached to an aromatic ring is 1. The van der Waals surface area contributed by atoms with Crippen molar-refractivity contribution >= 4 is 11.4 Å². The molecular weight excluding hydrogens is 228 g/mol. The summed E-state index contributed by atoms with van der Waals surface area (Å²) in [7, 11) is 1.64. The van der Waals surface area contributed by atoms with Crippen molar-refractivity contribution in [1.29, 1.82) is 0 Å². The molecule has 2 aromatic rings. The van der Waals surface area contributed by atoms with Crippen molar-refractivity contribution in [2.45, 2.75) is 0 Å². The molecule has 18 heavy (non-hydrogen) atoms. The molecule has 3 N–H and O–H groups in total. The van der Waals surface area contributed by atoms with Crippen LogP contribution in [-0.2, 0) is 0 Å². The van der Waals surface area contributed by atoms with E-state index in [4.69, 9.17) is 15.2 Å². The maximum Gasteiger partial charge on any atom is 0.159 e. The van der Waals surface area contributed by atoms with Gasteiger partial charge in [0.1, 0.15) is 11.5 Å². The lowest BCUT2D eigenvalue weighted by atomic mass is 10.3. The fourth-order valence-corrected chi connectivity index (χ4v) is 1.59. The summed E-state index contributed by atoms with van der Waals surface area (Å²) in [6, 6.07) is 15.0. The van der Waals surface area contributed by atoms with E-state index in [0.29, 0.717) is 12.4 Å². The quantitative estimate of drug-likeness (QED) is 0.627. The lowest BCUT2D eigenvalue weighted by Crippen LogP contribution is -2.09. The molecule has 0 unspecified atom stereocenters. The van der Waals surface area contributed by atoms with Crippen molar-refractivity contribution < 1.29 is 9.47 Å². The average Bonchev–Trinajstić information content (AvgIpc) is 2.39. The summed E-state index contributed by atoms with van der Waals surface area (Å²) in [6.07, 6.45) is 0. The van der Waals surface area contributed by atoms with E-state index in [-0.39, 0.29) is 0 Å². The van der Waals surface area contributed by atoms with Crippen LogP contribution in [0.2, 0.25) is 0 Å². The number of hydrogen-bond donors (Lipinski definition) is 2. The van der Waals surface area contributed by atoms with Gasteiger partial charge in [-0.05, 0) is 24.3 Å². The average molecular weight is 244 g/mol. The Labute approximate surface area is 106 Å². The summed E-state index contributed by atoms with van der Waals surface area (Å²) in [4.78, 5) is 0. The lowest BCUT2D eigenvalue weighted by Gasteiger charge is -2.12. The van der Waals surface area contributed by atoms with E-state index in [2.05, 4.69) is 5.32 Å². The van der Waals surface area contributed by atoms with Crippen LogP contribution in [0.3, 0.4) is 0 Å².